The summed E-state index contributed by atoms with van der Waals surface area (Å²) in [4.78, 5) is 3.96. The molecular weight excluding hydrogens is 204 g/mol. The predicted molar refractivity (Wildman–Crippen MR) is 58.6 cm³/mol. The summed E-state index contributed by atoms with van der Waals surface area (Å²) in [7, 11) is 0. The summed E-state index contributed by atoms with van der Waals surface area (Å²) in [5, 5.41) is 17.1. The number of rotatable bonds is 4. The van der Waals surface area contributed by atoms with Gasteiger partial charge in [-0.2, -0.15) is 0 Å². The Morgan fingerprint density at radius 3 is 2.75 bits per heavy atom. The zero-order chi connectivity index (χ0) is 11.4. The zero-order valence-electron chi connectivity index (χ0n) is 9.11. The molecule has 0 aliphatic rings. The third-order valence-corrected chi connectivity index (χ3v) is 2.36. The number of nitrogens with zero attached hydrogens (tertiary/aromatic N) is 4. The predicted octanol–water partition coefficient (Wildman–Crippen LogP) is 0.969. The summed E-state index contributed by atoms with van der Waals surface area (Å²) in [6.07, 6.45) is 5.64. The van der Waals surface area contributed by atoms with Crippen molar-refractivity contribution in [1.82, 2.24) is 20.0 Å². The summed E-state index contributed by atoms with van der Waals surface area (Å²) in [5.74, 6) is 0. The summed E-state index contributed by atoms with van der Waals surface area (Å²) in [6.45, 7) is 2.43. The molecule has 5 heteroatoms. The molecule has 2 heterocycles. The fourth-order valence-corrected chi connectivity index (χ4v) is 1.41. The number of aromatic nitrogens is 4. The molecule has 84 valence electrons. The first-order chi connectivity index (χ1) is 7.75. The molecular formula is C11H14N4O. The van der Waals surface area contributed by atoms with E-state index in [1.807, 2.05) is 12.1 Å². The Balaban J connectivity index is 1.95. The van der Waals surface area contributed by atoms with Gasteiger partial charge in [0.15, 0.2) is 0 Å². The Bertz CT molecular complexity index is 438. The van der Waals surface area contributed by atoms with E-state index in [1.54, 1.807) is 30.2 Å². The molecule has 1 N–H and O–H groups in total. The molecule has 0 aliphatic heterocycles. The average molecular weight is 218 g/mol. The lowest BCUT2D eigenvalue weighted by atomic mass is 10.2. The molecule has 0 spiro atoms. The average Bonchev–Trinajstić information content (AvgIpc) is 2.76. The highest BCUT2D eigenvalue weighted by Gasteiger charge is 2.05. The van der Waals surface area contributed by atoms with Crippen molar-refractivity contribution >= 4 is 0 Å². The van der Waals surface area contributed by atoms with Crippen LogP contribution in [0.4, 0.5) is 0 Å². The number of aliphatic hydroxyl groups is 1. The van der Waals surface area contributed by atoms with Gasteiger partial charge in [0.25, 0.3) is 0 Å². The zero-order valence-corrected chi connectivity index (χ0v) is 9.11. The second-order valence-electron chi connectivity index (χ2n) is 3.69. The van der Waals surface area contributed by atoms with Gasteiger partial charge in [0.05, 0.1) is 12.3 Å². The summed E-state index contributed by atoms with van der Waals surface area (Å²) >= 11 is 0. The molecule has 2 rings (SSSR count). The van der Waals surface area contributed by atoms with Crippen LogP contribution in [0, 0.1) is 0 Å². The van der Waals surface area contributed by atoms with Crippen LogP contribution in [0.2, 0.25) is 0 Å². The minimum Gasteiger partial charge on any atom is -0.387 e. The topological polar surface area (TPSA) is 63.8 Å². The smallest absolute Gasteiger partial charge is 0.111 e. The van der Waals surface area contributed by atoms with Gasteiger partial charge in [-0.05, 0) is 31.0 Å². The fraction of sp³-hybridized carbons (Fsp3) is 0.364. The highest BCUT2D eigenvalue weighted by Crippen LogP contribution is 2.07. The van der Waals surface area contributed by atoms with E-state index in [0.717, 1.165) is 13.0 Å². The van der Waals surface area contributed by atoms with Crippen LogP contribution in [-0.2, 0) is 13.0 Å². The third kappa shape index (κ3) is 2.64. The van der Waals surface area contributed by atoms with Crippen molar-refractivity contribution in [3.05, 3.63) is 42.0 Å². The van der Waals surface area contributed by atoms with Crippen molar-refractivity contribution in [2.75, 3.05) is 0 Å². The molecule has 0 saturated carbocycles. The molecule has 5 nitrogen and oxygen atoms in total. The van der Waals surface area contributed by atoms with Crippen molar-refractivity contribution in [3.8, 4) is 0 Å². The minimum absolute atomic E-state index is 0.560. The van der Waals surface area contributed by atoms with Crippen LogP contribution in [-0.4, -0.2) is 25.1 Å². The molecule has 2 aromatic heterocycles. The van der Waals surface area contributed by atoms with Gasteiger partial charge in [0, 0.05) is 18.9 Å². The van der Waals surface area contributed by atoms with Crippen molar-refractivity contribution in [1.29, 1.82) is 0 Å². The van der Waals surface area contributed by atoms with Crippen LogP contribution in [0.3, 0.4) is 0 Å². The molecule has 0 bridgehead atoms. The first kappa shape index (κ1) is 10.8. The number of aliphatic hydroxyl groups excluding tert-OH is 1. The van der Waals surface area contributed by atoms with E-state index >= 15 is 0 Å². The van der Waals surface area contributed by atoms with Crippen LogP contribution in [0.25, 0.3) is 0 Å². The van der Waals surface area contributed by atoms with Gasteiger partial charge in [0.2, 0.25) is 0 Å². The van der Waals surface area contributed by atoms with Crippen molar-refractivity contribution < 1.29 is 5.11 Å². The number of hydrogen-bond donors (Lipinski definition) is 1. The SMILES string of the molecule is CC(O)c1cn(CCc2ccncc2)nn1. The van der Waals surface area contributed by atoms with Crippen molar-refractivity contribution in [2.24, 2.45) is 0 Å². The van der Waals surface area contributed by atoms with Crippen LogP contribution < -0.4 is 0 Å². The van der Waals surface area contributed by atoms with E-state index in [4.69, 9.17) is 0 Å². The maximum Gasteiger partial charge on any atom is 0.111 e. The Hall–Kier alpha value is -1.75. The maximum atomic E-state index is 9.30. The van der Waals surface area contributed by atoms with Gasteiger partial charge in [-0.25, -0.2) is 0 Å². The first-order valence-corrected chi connectivity index (χ1v) is 5.22. The molecule has 2 aromatic rings. The van der Waals surface area contributed by atoms with Crippen molar-refractivity contribution in [2.45, 2.75) is 26.0 Å². The Morgan fingerprint density at radius 2 is 2.12 bits per heavy atom. The number of pyridine rings is 1. The highest BCUT2D eigenvalue weighted by atomic mass is 16.3. The largest absolute Gasteiger partial charge is 0.387 e. The quantitative estimate of drug-likeness (QED) is 0.830. The van der Waals surface area contributed by atoms with Crippen molar-refractivity contribution in [3.63, 3.8) is 0 Å². The molecule has 16 heavy (non-hydrogen) atoms. The highest BCUT2D eigenvalue weighted by molar-refractivity contribution is 5.09. The monoisotopic (exact) mass is 218 g/mol. The summed E-state index contributed by atoms with van der Waals surface area (Å²) < 4.78 is 1.74. The Morgan fingerprint density at radius 1 is 1.38 bits per heavy atom. The van der Waals surface area contributed by atoms with Gasteiger partial charge in [-0.15, -0.1) is 5.10 Å². The molecule has 0 aromatic carbocycles. The lowest BCUT2D eigenvalue weighted by Crippen LogP contribution is -2.02. The van der Waals surface area contributed by atoms with E-state index < -0.39 is 6.10 Å². The summed E-state index contributed by atoms with van der Waals surface area (Å²) in [6, 6.07) is 3.96. The van der Waals surface area contributed by atoms with Crippen LogP contribution in [0.1, 0.15) is 24.3 Å². The Labute approximate surface area is 93.8 Å². The molecule has 0 saturated heterocycles. The van der Waals surface area contributed by atoms with Gasteiger partial charge in [0.1, 0.15) is 5.69 Å². The van der Waals surface area contributed by atoms with E-state index in [-0.39, 0.29) is 0 Å². The first-order valence-electron chi connectivity index (χ1n) is 5.22. The fourth-order valence-electron chi connectivity index (χ4n) is 1.41. The second kappa shape index (κ2) is 4.85. The third-order valence-electron chi connectivity index (χ3n) is 2.36. The maximum absolute atomic E-state index is 9.30. The molecule has 1 unspecified atom stereocenters. The van der Waals surface area contributed by atoms with Crippen LogP contribution in [0.15, 0.2) is 30.7 Å². The van der Waals surface area contributed by atoms with Gasteiger partial charge < -0.3 is 5.11 Å². The van der Waals surface area contributed by atoms with E-state index in [1.165, 1.54) is 5.56 Å². The van der Waals surface area contributed by atoms with E-state index in [9.17, 15) is 5.11 Å². The lowest BCUT2D eigenvalue weighted by Gasteiger charge is -2.00. The van der Waals surface area contributed by atoms with Crippen LogP contribution in [0.5, 0.6) is 0 Å². The summed E-state index contributed by atoms with van der Waals surface area (Å²) in [5.41, 5.74) is 1.82. The molecule has 0 fully saturated rings. The second-order valence-corrected chi connectivity index (χ2v) is 3.69. The van der Waals surface area contributed by atoms with Gasteiger partial charge >= 0.3 is 0 Å². The molecule has 0 aliphatic carbocycles. The lowest BCUT2D eigenvalue weighted by molar-refractivity contribution is 0.194. The molecule has 0 amide bonds. The number of aryl methyl sites for hydroxylation is 2. The normalized spacial score (nSPS) is 12.6. The van der Waals surface area contributed by atoms with Gasteiger partial charge in [-0.1, -0.05) is 5.21 Å². The number of hydrogen-bond acceptors (Lipinski definition) is 4. The minimum atomic E-state index is -0.560. The van der Waals surface area contributed by atoms with Gasteiger partial charge in [-0.3, -0.25) is 9.67 Å². The molecule has 0 radical (unpaired) electrons. The standard InChI is InChI=1S/C11H14N4O/c1-9(16)11-8-15(14-13-11)7-4-10-2-5-12-6-3-10/h2-3,5-6,8-9,16H,4,7H2,1H3. The molecule has 1 atom stereocenters. The van der Waals surface area contributed by atoms with E-state index in [2.05, 4.69) is 15.3 Å². The Kier molecular flexibility index (Phi) is 3.26. The van der Waals surface area contributed by atoms with E-state index in [0.29, 0.717) is 5.69 Å². The van der Waals surface area contributed by atoms with Crippen LogP contribution >= 0.6 is 0 Å².